The van der Waals surface area contributed by atoms with E-state index in [-0.39, 0.29) is 12.1 Å². The number of halogens is 1. The van der Waals surface area contributed by atoms with Crippen LogP contribution < -0.4 is 10.1 Å². The van der Waals surface area contributed by atoms with Crippen molar-refractivity contribution in [3.05, 3.63) is 47.9 Å². The van der Waals surface area contributed by atoms with Crippen molar-refractivity contribution in [3.63, 3.8) is 0 Å². The minimum atomic E-state index is -0.136. The second-order valence-corrected chi connectivity index (χ2v) is 5.75. The quantitative estimate of drug-likeness (QED) is 0.937. The van der Waals surface area contributed by atoms with Crippen LogP contribution in [0.1, 0.15) is 12.8 Å². The maximum absolute atomic E-state index is 12.4. The van der Waals surface area contributed by atoms with Crippen LogP contribution in [-0.2, 0) is 0 Å². The zero-order valence-electron chi connectivity index (χ0n) is 12.5. The Labute approximate surface area is 139 Å². The van der Waals surface area contributed by atoms with Crippen molar-refractivity contribution < 1.29 is 9.53 Å². The molecule has 0 spiro atoms. The summed E-state index contributed by atoms with van der Waals surface area (Å²) in [6.45, 7) is 1.24. The fraction of sp³-hybridized carbons (Fsp3) is 0.312. The number of rotatable bonds is 3. The van der Waals surface area contributed by atoms with Gasteiger partial charge < -0.3 is 15.0 Å². The van der Waals surface area contributed by atoms with E-state index in [0.717, 1.165) is 18.5 Å². The number of nitrogens with one attached hydrogen (secondary N) is 1. The zero-order chi connectivity index (χ0) is 16.1. The van der Waals surface area contributed by atoms with E-state index < -0.39 is 0 Å². The van der Waals surface area contributed by atoms with Gasteiger partial charge in [-0.2, -0.15) is 0 Å². The number of piperidine rings is 1. The predicted octanol–water partition coefficient (Wildman–Crippen LogP) is 3.21. The third-order valence-corrected chi connectivity index (χ3v) is 3.86. The zero-order valence-corrected chi connectivity index (χ0v) is 13.2. The number of carbonyl (C=O) groups is 1. The van der Waals surface area contributed by atoms with Crippen LogP contribution in [0.5, 0.6) is 5.88 Å². The van der Waals surface area contributed by atoms with E-state index >= 15 is 0 Å². The van der Waals surface area contributed by atoms with Crippen LogP contribution >= 0.6 is 11.6 Å². The highest BCUT2D eigenvalue weighted by Gasteiger charge is 2.25. The number of aromatic nitrogens is 2. The van der Waals surface area contributed by atoms with Crippen molar-refractivity contribution in [1.82, 2.24) is 14.9 Å². The lowest BCUT2D eigenvalue weighted by atomic mass is 10.1. The number of ether oxygens (including phenoxy) is 1. The van der Waals surface area contributed by atoms with E-state index in [1.165, 1.54) is 6.33 Å². The summed E-state index contributed by atoms with van der Waals surface area (Å²) in [5, 5.41) is 3.51. The van der Waals surface area contributed by atoms with Gasteiger partial charge in [0.2, 0.25) is 5.88 Å². The lowest BCUT2D eigenvalue weighted by Crippen LogP contribution is -2.46. The minimum Gasteiger partial charge on any atom is -0.472 e. The van der Waals surface area contributed by atoms with Crippen LogP contribution in [0.4, 0.5) is 10.5 Å². The number of likely N-dealkylation sites (tertiary alicyclic amines) is 1. The second-order valence-electron chi connectivity index (χ2n) is 5.31. The molecule has 1 aromatic carbocycles. The standard InChI is InChI=1S/C16H17ClN4O2/c17-12-3-5-13(6-4-12)20-16(22)21-9-1-2-14(10-21)23-15-7-8-18-11-19-15/h3-8,11,14H,1-2,9-10H2,(H,20,22). The molecular formula is C16H17ClN4O2. The van der Waals surface area contributed by atoms with Gasteiger partial charge in [-0.25, -0.2) is 14.8 Å². The van der Waals surface area contributed by atoms with Crippen molar-refractivity contribution in [3.8, 4) is 5.88 Å². The first-order valence-electron chi connectivity index (χ1n) is 7.45. The molecule has 23 heavy (non-hydrogen) atoms. The Balaban J connectivity index is 1.57. The molecule has 0 aliphatic carbocycles. The van der Waals surface area contributed by atoms with Gasteiger partial charge in [0.25, 0.3) is 0 Å². The molecule has 1 aromatic heterocycles. The lowest BCUT2D eigenvalue weighted by molar-refractivity contribution is 0.102. The molecule has 0 bridgehead atoms. The molecule has 0 radical (unpaired) electrons. The molecule has 0 saturated carbocycles. The molecule has 2 heterocycles. The first kappa shape index (κ1) is 15.6. The average molecular weight is 333 g/mol. The van der Waals surface area contributed by atoms with Crippen LogP contribution in [0, 0.1) is 0 Å². The number of urea groups is 1. The Morgan fingerprint density at radius 3 is 2.87 bits per heavy atom. The number of nitrogens with zero attached hydrogens (tertiary/aromatic N) is 3. The molecule has 2 amide bonds. The van der Waals surface area contributed by atoms with Gasteiger partial charge >= 0.3 is 6.03 Å². The molecule has 120 valence electrons. The fourth-order valence-corrected chi connectivity index (χ4v) is 2.60. The molecule has 6 nitrogen and oxygen atoms in total. The highest BCUT2D eigenvalue weighted by Crippen LogP contribution is 2.18. The number of anilines is 1. The maximum Gasteiger partial charge on any atom is 0.321 e. The van der Waals surface area contributed by atoms with Crippen molar-refractivity contribution in [2.45, 2.75) is 18.9 Å². The third-order valence-electron chi connectivity index (χ3n) is 3.60. The Bertz CT molecular complexity index is 651. The topological polar surface area (TPSA) is 67.4 Å². The number of benzene rings is 1. The number of carbonyl (C=O) groups excluding carboxylic acids is 1. The van der Waals surface area contributed by atoms with Gasteiger partial charge in [0.05, 0.1) is 6.54 Å². The van der Waals surface area contributed by atoms with Crippen LogP contribution in [0.15, 0.2) is 42.9 Å². The molecule has 1 aliphatic rings. The molecule has 1 atom stereocenters. The van der Waals surface area contributed by atoms with E-state index in [9.17, 15) is 4.79 Å². The molecule has 1 fully saturated rings. The fourth-order valence-electron chi connectivity index (χ4n) is 2.47. The molecule has 1 aliphatic heterocycles. The summed E-state index contributed by atoms with van der Waals surface area (Å²) in [6, 6.07) is 8.62. The van der Waals surface area contributed by atoms with Gasteiger partial charge in [0.1, 0.15) is 12.4 Å². The van der Waals surface area contributed by atoms with Crippen molar-refractivity contribution in [2.75, 3.05) is 18.4 Å². The Morgan fingerprint density at radius 1 is 1.30 bits per heavy atom. The summed E-state index contributed by atoms with van der Waals surface area (Å²) < 4.78 is 5.81. The van der Waals surface area contributed by atoms with Crippen LogP contribution in [-0.4, -0.2) is 40.1 Å². The predicted molar refractivity (Wildman–Crippen MR) is 87.7 cm³/mol. The summed E-state index contributed by atoms with van der Waals surface area (Å²) in [7, 11) is 0. The van der Waals surface area contributed by atoms with Crippen LogP contribution in [0.3, 0.4) is 0 Å². The largest absolute Gasteiger partial charge is 0.472 e. The minimum absolute atomic E-state index is 0.0605. The number of amides is 2. The average Bonchev–Trinajstić information content (AvgIpc) is 2.58. The highest BCUT2D eigenvalue weighted by molar-refractivity contribution is 6.30. The molecule has 1 N–H and O–H groups in total. The van der Waals surface area contributed by atoms with E-state index in [4.69, 9.17) is 16.3 Å². The van der Waals surface area contributed by atoms with Gasteiger partial charge in [-0.05, 0) is 37.1 Å². The lowest BCUT2D eigenvalue weighted by Gasteiger charge is -2.32. The van der Waals surface area contributed by atoms with E-state index in [2.05, 4.69) is 15.3 Å². The highest BCUT2D eigenvalue weighted by atomic mass is 35.5. The SMILES string of the molecule is O=C(Nc1ccc(Cl)cc1)N1CCCC(Oc2ccncn2)C1. The summed E-state index contributed by atoms with van der Waals surface area (Å²) in [4.78, 5) is 22.0. The van der Waals surface area contributed by atoms with Crippen molar-refractivity contribution >= 4 is 23.3 Å². The van der Waals surface area contributed by atoms with Crippen LogP contribution in [0.2, 0.25) is 5.02 Å². The third kappa shape index (κ3) is 4.32. The normalized spacial score (nSPS) is 17.6. The van der Waals surface area contributed by atoms with Crippen LogP contribution in [0.25, 0.3) is 0 Å². The van der Waals surface area contributed by atoms with Gasteiger partial charge in [-0.1, -0.05) is 11.6 Å². The van der Waals surface area contributed by atoms with Crippen molar-refractivity contribution in [1.29, 1.82) is 0 Å². The number of hydrogen-bond donors (Lipinski definition) is 1. The summed E-state index contributed by atoms with van der Waals surface area (Å²) in [5.41, 5.74) is 0.721. The van der Waals surface area contributed by atoms with Gasteiger partial charge in [-0.3, -0.25) is 0 Å². The van der Waals surface area contributed by atoms with Gasteiger partial charge in [-0.15, -0.1) is 0 Å². The Morgan fingerprint density at radius 2 is 2.13 bits per heavy atom. The van der Waals surface area contributed by atoms with Crippen molar-refractivity contribution in [2.24, 2.45) is 0 Å². The Kier molecular flexibility index (Phi) is 4.92. The van der Waals surface area contributed by atoms with E-state index in [1.807, 2.05) is 0 Å². The van der Waals surface area contributed by atoms with Gasteiger partial charge in [0, 0.05) is 29.5 Å². The molecule has 1 unspecified atom stereocenters. The second kappa shape index (κ2) is 7.28. The first-order valence-corrected chi connectivity index (χ1v) is 7.83. The molecule has 7 heteroatoms. The summed E-state index contributed by atoms with van der Waals surface area (Å²) >= 11 is 5.84. The molecular weight excluding hydrogens is 316 g/mol. The Hall–Kier alpha value is -2.34. The number of hydrogen-bond acceptors (Lipinski definition) is 4. The molecule has 3 rings (SSSR count). The van der Waals surface area contributed by atoms with Gasteiger partial charge in [0.15, 0.2) is 0 Å². The van der Waals surface area contributed by atoms with E-state index in [0.29, 0.717) is 24.0 Å². The first-order chi connectivity index (χ1) is 11.2. The monoisotopic (exact) mass is 332 g/mol. The maximum atomic E-state index is 12.4. The smallest absolute Gasteiger partial charge is 0.321 e. The summed E-state index contributed by atoms with van der Waals surface area (Å²) in [5.74, 6) is 0.532. The van der Waals surface area contributed by atoms with E-state index in [1.54, 1.807) is 41.4 Å². The molecule has 1 saturated heterocycles. The summed E-state index contributed by atoms with van der Waals surface area (Å²) in [6.07, 6.45) is 4.81. The molecule has 2 aromatic rings.